The first-order valence-corrected chi connectivity index (χ1v) is 5.44. The van der Waals surface area contributed by atoms with Crippen LogP contribution < -0.4 is 0 Å². The topological polar surface area (TPSA) is 44.9 Å². The van der Waals surface area contributed by atoms with Crippen molar-refractivity contribution in [2.24, 2.45) is 0 Å². The molecule has 0 aliphatic rings. The van der Waals surface area contributed by atoms with Crippen molar-refractivity contribution in [3.8, 4) is 11.8 Å². The van der Waals surface area contributed by atoms with Gasteiger partial charge in [-0.1, -0.05) is 18.2 Å². The molecule has 86 valence electrons. The minimum Gasteiger partial charge on any atom is -0.289 e. The maximum atomic E-state index is 8.59. The van der Waals surface area contributed by atoms with Crippen molar-refractivity contribution in [2.75, 3.05) is 13.6 Å². The number of para-hydroxylation sites is 1. The summed E-state index contributed by atoms with van der Waals surface area (Å²) in [6.07, 6.45) is 3.82. The van der Waals surface area contributed by atoms with Gasteiger partial charge in [0, 0.05) is 18.3 Å². The van der Waals surface area contributed by atoms with Gasteiger partial charge >= 0.3 is 0 Å². The predicted molar refractivity (Wildman–Crippen MR) is 65.5 cm³/mol. The third-order valence-corrected chi connectivity index (χ3v) is 2.45. The molecule has 0 unspecified atom stereocenters. The van der Waals surface area contributed by atoms with Crippen LogP contribution >= 0.6 is 0 Å². The molecule has 0 fully saturated rings. The molecule has 0 atom stereocenters. The number of rotatable bonds is 4. The van der Waals surface area contributed by atoms with Gasteiger partial charge < -0.3 is 0 Å². The number of nitriles is 1. The van der Waals surface area contributed by atoms with E-state index in [2.05, 4.69) is 11.2 Å². The standard InChI is InChI=1S/C13H14N4/c1-16(8-7-14)10-12-9-15-17(11-12)13-5-3-2-4-6-13/h2-6,9,11H,8,10H2,1H3. The summed E-state index contributed by atoms with van der Waals surface area (Å²) < 4.78 is 1.84. The number of hydrogen-bond acceptors (Lipinski definition) is 3. The van der Waals surface area contributed by atoms with Gasteiger partial charge in [-0.05, 0) is 19.2 Å². The van der Waals surface area contributed by atoms with E-state index in [9.17, 15) is 0 Å². The summed E-state index contributed by atoms with van der Waals surface area (Å²) in [5.74, 6) is 0. The molecule has 4 nitrogen and oxygen atoms in total. The molecular weight excluding hydrogens is 212 g/mol. The van der Waals surface area contributed by atoms with E-state index in [1.165, 1.54) is 0 Å². The molecule has 0 amide bonds. The van der Waals surface area contributed by atoms with Crippen molar-refractivity contribution in [1.29, 1.82) is 5.26 Å². The number of nitrogens with zero attached hydrogens (tertiary/aromatic N) is 4. The first kappa shape index (κ1) is 11.4. The van der Waals surface area contributed by atoms with Crippen molar-refractivity contribution in [3.63, 3.8) is 0 Å². The summed E-state index contributed by atoms with van der Waals surface area (Å²) >= 11 is 0. The Balaban J connectivity index is 2.09. The average molecular weight is 226 g/mol. The van der Waals surface area contributed by atoms with Gasteiger partial charge in [0.15, 0.2) is 0 Å². The van der Waals surface area contributed by atoms with Crippen molar-refractivity contribution < 1.29 is 0 Å². The van der Waals surface area contributed by atoms with Crippen LogP contribution in [0.3, 0.4) is 0 Å². The lowest BCUT2D eigenvalue weighted by Gasteiger charge is -2.09. The molecule has 4 heteroatoms. The molecule has 0 N–H and O–H groups in total. The fourth-order valence-electron chi connectivity index (χ4n) is 1.65. The highest BCUT2D eigenvalue weighted by Crippen LogP contribution is 2.08. The van der Waals surface area contributed by atoms with Crippen molar-refractivity contribution in [1.82, 2.24) is 14.7 Å². The van der Waals surface area contributed by atoms with E-state index in [4.69, 9.17) is 5.26 Å². The summed E-state index contributed by atoms with van der Waals surface area (Å²) in [5.41, 5.74) is 2.15. The average Bonchev–Trinajstić information content (AvgIpc) is 2.79. The number of aromatic nitrogens is 2. The van der Waals surface area contributed by atoms with Gasteiger partial charge in [-0.15, -0.1) is 0 Å². The Hall–Kier alpha value is -2.12. The van der Waals surface area contributed by atoms with E-state index in [0.717, 1.165) is 17.8 Å². The van der Waals surface area contributed by atoms with Gasteiger partial charge in [0.05, 0.1) is 24.5 Å². The fraction of sp³-hybridized carbons (Fsp3) is 0.231. The Morgan fingerprint density at radius 2 is 2.12 bits per heavy atom. The van der Waals surface area contributed by atoms with E-state index >= 15 is 0 Å². The summed E-state index contributed by atoms with van der Waals surface area (Å²) in [4.78, 5) is 1.95. The smallest absolute Gasteiger partial charge is 0.0866 e. The van der Waals surface area contributed by atoms with E-state index < -0.39 is 0 Å². The molecule has 0 radical (unpaired) electrons. The van der Waals surface area contributed by atoms with Crippen LogP contribution in [0.1, 0.15) is 5.56 Å². The third-order valence-electron chi connectivity index (χ3n) is 2.45. The Bertz CT molecular complexity index is 510. The largest absolute Gasteiger partial charge is 0.289 e. The Morgan fingerprint density at radius 1 is 1.35 bits per heavy atom. The molecule has 1 heterocycles. The lowest BCUT2D eigenvalue weighted by Crippen LogP contribution is -2.17. The Morgan fingerprint density at radius 3 is 2.82 bits per heavy atom. The Labute approximate surface area is 101 Å². The molecule has 1 aromatic heterocycles. The van der Waals surface area contributed by atoms with Gasteiger partial charge in [0.1, 0.15) is 0 Å². The molecule has 0 spiro atoms. The summed E-state index contributed by atoms with van der Waals surface area (Å²) in [5, 5.41) is 12.9. The molecule has 0 aliphatic carbocycles. The van der Waals surface area contributed by atoms with Crippen LogP contribution in [0.2, 0.25) is 0 Å². The SMILES string of the molecule is CN(CC#N)Cc1cnn(-c2ccccc2)c1. The molecule has 0 saturated carbocycles. The van der Waals surface area contributed by atoms with Gasteiger partial charge in [-0.25, -0.2) is 4.68 Å². The number of hydrogen-bond donors (Lipinski definition) is 0. The zero-order valence-corrected chi connectivity index (χ0v) is 9.74. The minimum absolute atomic E-state index is 0.427. The molecular formula is C13H14N4. The van der Waals surface area contributed by atoms with E-state index in [1.807, 2.05) is 59.4 Å². The molecule has 17 heavy (non-hydrogen) atoms. The predicted octanol–water partition coefficient (Wildman–Crippen LogP) is 1.83. The van der Waals surface area contributed by atoms with Gasteiger partial charge in [-0.3, -0.25) is 4.90 Å². The molecule has 2 rings (SSSR count). The van der Waals surface area contributed by atoms with Gasteiger partial charge in [0.25, 0.3) is 0 Å². The third kappa shape index (κ3) is 2.92. The summed E-state index contributed by atoms with van der Waals surface area (Å²) in [7, 11) is 1.92. The van der Waals surface area contributed by atoms with E-state index in [-0.39, 0.29) is 0 Å². The van der Waals surface area contributed by atoms with Gasteiger partial charge in [0.2, 0.25) is 0 Å². The maximum Gasteiger partial charge on any atom is 0.0866 e. The molecule has 0 aliphatic heterocycles. The zero-order valence-electron chi connectivity index (χ0n) is 9.74. The van der Waals surface area contributed by atoms with E-state index in [0.29, 0.717) is 6.54 Å². The highest BCUT2D eigenvalue weighted by Gasteiger charge is 2.03. The lowest BCUT2D eigenvalue weighted by atomic mass is 10.3. The van der Waals surface area contributed by atoms with Crippen LogP contribution in [0.5, 0.6) is 0 Å². The van der Waals surface area contributed by atoms with Crippen LogP contribution in [-0.4, -0.2) is 28.3 Å². The minimum atomic E-state index is 0.427. The maximum absolute atomic E-state index is 8.59. The van der Waals surface area contributed by atoms with Crippen LogP contribution in [0.15, 0.2) is 42.7 Å². The van der Waals surface area contributed by atoms with Crippen LogP contribution in [0.4, 0.5) is 0 Å². The summed E-state index contributed by atoms with van der Waals surface area (Å²) in [6, 6.07) is 12.1. The van der Waals surface area contributed by atoms with Crippen LogP contribution in [0.25, 0.3) is 5.69 Å². The zero-order chi connectivity index (χ0) is 12.1. The molecule has 0 saturated heterocycles. The number of benzene rings is 1. The van der Waals surface area contributed by atoms with Crippen molar-refractivity contribution in [3.05, 3.63) is 48.3 Å². The highest BCUT2D eigenvalue weighted by molar-refractivity contribution is 5.30. The second-order valence-corrected chi connectivity index (χ2v) is 3.96. The Kier molecular flexibility index (Phi) is 3.53. The first-order chi connectivity index (χ1) is 8.29. The van der Waals surface area contributed by atoms with E-state index in [1.54, 1.807) is 0 Å². The first-order valence-electron chi connectivity index (χ1n) is 5.44. The van der Waals surface area contributed by atoms with Crippen LogP contribution in [-0.2, 0) is 6.54 Å². The second-order valence-electron chi connectivity index (χ2n) is 3.96. The monoisotopic (exact) mass is 226 g/mol. The molecule has 0 bridgehead atoms. The molecule has 1 aromatic carbocycles. The fourth-order valence-corrected chi connectivity index (χ4v) is 1.65. The highest BCUT2D eigenvalue weighted by atomic mass is 15.3. The normalized spacial score (nSPS) is 10.4. The second kappa shape index (κ2) is 5.28. The quantitative estimate of drug-likeness (QED) is 0.747. The van der Waals surface area contributed by atoms with Gasteiger partial charge in [-0.2, -0.15) is 10.4 Å². The summed E-state index contributed by atoms with van der Waals surface area (Å²) in [6.45, 7) is 1.16. The van der Waals surface area contributed by atoms with Crippen LogP contribution in [0, 0.1) is 11.3 Å². The lowest BCUT2D eigenvalue weighted by molar-refractivity contribution is 0.367. The van der Waals surface area contributed by atoms with Crippen molar-refractivity contribution in [2.45, 2.75) is 6.54 Å². The molecule has 2 aromatic rings. The van der Waals surface area contributed by atoms with Crippen molar-refractivity contribution >= 4 is 0 Å².